The van der Waals surface area contributed by atoms with Crippen LogP contribution in [0.4, 0.5) is 18.9 Å². The Balaban J connectivity index is 3.10. The minimum atomic E-state index is -4.32. The summed E-state index contributed by atoms with van der Waals surface area (Å²) in [7, 11) is 1.69. The molecule has 102 valence electrons. The maximum absolute atomic E-state index is 13.0. The Morgan fingerprint density at radius 2 is 2.00 bits per heavy atom. The molecule has 0 N–H and O–H groups in total. The zero-order valence-electron chi connectivity index (χ0n) is 10.2. The molecule has 0 unspecified atom stereocenters. The molecule has 1 aromatic carbocycles. The first-order valence-corrected chi connectivity index (χ1v) is 7.88. The summed E-state index contributed by atoms with van der Waals surface area (Å²) >= 11 is 4.79. The summed E-state index contributed by atoms with van der Waals surface area (Å²) in [6, 6.07) is 4.47. The van der Waals surface area contributed by atoms with Crippen LogP contribution in [-0.2, 0) is 11.5 Å². The number of nitrogens with zero attached hydrogens (tertiary/aromatic N) is 1. The van der Waals surface area contributed by atoms with E-state index in [-0.39, 0.29) is 5.69 Å². The van der Waals surface area contributed by atoms with Gasteiger partial charge in [-0.05, 0) is 24.0 Å². The maximum Gasteiger partial charge on any atom is 0.418 e. The monoisotopic (exact) mass is 341 g/mol. The molecule has 0 aromatic heterocycles. The lowest BCUT2D eigenvalue weighted by molar-refractivity contribution is -0.137. The summed E-state index contributed by atoms with van der Waals surface area (Å²) in [5.41, 5.74) is 0.300. The van der Waals surface area contributed by atoms with Gasteiger partial charge in [-0.1, -0.05) is 22.0 Å². The zero-order chi connectivity index (χ0) is 13.8. The van der Waals surface area contributed by atoms with Gasteiger partial charge in [0, 0.05) is 30.4 Å². The SMILES string of the molecule is CSCCN(C)c1ccc(CBr)cc1C(F)(F)F. The number of halogens is 4. The van der Waals surface area contributed by atoms with Crippen LogP contribution in [0.1, 0.15) is 11.1 Å². The molecule has 0 spiro atoms. The quantitative estimate of drug-likeness (QED) is 0.730. The predicted molar refractivity (Wildman–Crippen MR) is 75.7 cm³/mol. The van der Waals surface area contributed by atoms with Gasteiger partial charge in [0.15, 0.2) is 0 Å². The van der Waals surface area contributed by atoms with E-state index < -0.39 is 11.7 Å². The lowest BCUT2D eigenvalue weighted by atomic mass is 10.1. The molecular formula is C12H15BrF3NS. The third-order valence-electron chi connectivity index (χ3n) is 2.56. The molecule has 0 atom stereocenters. The number of anilines is 1. The van der Waals surface area contributed by atoms with E-state index in [0.717, 1.165) is 5.75 Å². The van der Waals surface area contributed by atoms with E-state index in [9.17, 15) is 13.2 Å². The highest BCUT2D eigenvalue weighted by molar-refractivity contribution is 9.08. The highest BCUT2D eigenvalue weighted by atomic mass is 79.9. The van der Waals surface area contributed by atoms with E-state index in [1.165, 1.54) is 6.07 Å². The van der Waals surface area contributed by atoms with Crippen LogP contribution < -0.4 is 4.90 Å². The van der Waals surface area contributed by atoms with Crippen molar-refractivity contribution in [1.82, 2.24) is 0 Å². The number of rotatable bonds is 5. The molecule has 0 aliphatic heterocycles. The van der Waals surface area contributed by atoms with E-state index in [4.69, 9.17) is 0 Å². The van der Waals surface area contributed by atoms with Crippen molar-refractivity contribution in [2.75, 3.05) is 30.5 Å². The smallest absolute Gasteiger partial charge is 0.373 e. The average molecular weight is 342 g/mol. The van der Waals surface area contributed by atoms with Gasteiger partial charge >= 0.3 is 6.18 Å². The Labute approximate surface area is 118 Å². The van der Waals surface area contributed by atoms with Crippen LogP contribution in [0.2, 0.25) is 0 Å². The van der Waals surface area contributed by atoms with Crippen molar-refractivity contribution in [3.05, 3.63) is 29.3 Å². The fourth-order valence-electron chi connectivity index (χ4n) is 1.57. The van der Waals surface area contributed by atoms with Gasteiger partial charge in [-0.3, -0.25) is 0 Å². The first-order valence-electron chi connectivity index (χ1n) is 5.36. The molecule has 6 heteroatoms. The van der Waals surface area contributed by atoms with E-state index >= 15 is 0 Å². The van der Waals surface area contributed by atoms with Crippen molar-refractivity contribution < 1.29 is 13.2 Å². The van der Waals surface area contributed by atoms with Crippen LogP contribution in [0.3, 0.4) is 0 Å². The third kappa shape index (κ3) is 4.09. The van der Waals surface area contributed by atoms with Crippen molar-refractivity contribution in [2.45, 2.75) is 11.5 Å². The minimum Gasteiger partial charge on any atom is -0.373 e. The molecule has 0 radical (unpaired) electrons. The first-order chi connectivity index (χ1) is 8.40. The second-order valence-electron chi connectivity index (χ2n) is 3.90. The van der Waals surface area contributed by atoms with Crippen LogP contribution in [-0.4, -0.2) is 25.6 Å². The predicted octanol–water partition coefficient (Wildman–Crippen LogP) is 4.40. The number of hydrogen-bond acceptors (Lipinski definition) is 2. The topological polar surface area (TPSA) is 3.24 Å². The number of thioether (sulfide) groups is 1. The van der Waals surface area contributed by atoms with E-state index in [1.807, 2.05) is 6.26 Å². The summed E-state index contributed by atoms with van der Waals surface area (Å²) in [6.07, 6.45) is -2.38. The summed E-state index contributed by atoms with van der Waals surface area (Å²) < 4.78 is 39.0. The number of hydrogen-bond donors (Lipinski definition) is 0. The molecular weight excluding hydrogens is 327 g/mol. The Kier molecular flexibility index (Phi) is 5.85. The lowest BCUT2D eigenvalue weighted by Gasteiger charge is -2.23. The van der Waals surface area contributed by atoms with Gasteiger partial charge in [-0.25, -0.2) is 0 Å². The molecule has 0 aliphatic rings. The maximum atomic E-state index is 13.0. The normalized spacial score (nSPS) is 11.7. The molecule has 18 heavy (non-hydrogen) atoms. The fourth-order valence-corrected chi connectivity index (χ4v) is 2.38. The minimum absolute atomic E-state index is 0.237. The average Bonchev–Trinajstić information content (AvgIpc) is 2.34. The number of alkyl halides is 4. The highest BCUT2D eigenvalue weighted by Gasteiger charge is 2.34. The second kappa shape index (κ2) is 6.70. The molecule has 1 nitrogen and oxygen atoms in total. The molecule has 0 bridgehead atoms. The Bertz CT molecular complexity index is 395. The Hall–Kier alpha value is -0.360. The molecule has 1 rings (SSSR count). The largest absolute Gasteiger partial charge is 0.418 e. The van der Waals surface area contributed by atoms with Gasteiger partial charge in [0.1, 0.15) is 0 Å². The summed E-state index contributed by atoms with van der Waals surface area (Å²) in [5, 5.41) is 0.422. The molecule has 0 saturated heterocycles. The first kappa shape index (κ1) is 15.7. The fraction of sp³-hybridized carbons (Fsp3) is 0.500. The molecule has 0 fully saturated rings. The van der Waals surface area contributed by atoms with Gasteiger partial charge in [-0.15, -0.1) is 0 Å². The number of benzene rings is 1. The zero-order valence-corrected chi connectivity index (χ0v) is 12.6. The van der Waals surface area contributed by atoms with Crippen LogP contribution in [0, 0.1) is 0 Å². The standard InChI is InChI=1S/C12H15BrF3NS/c1-17(5-6-18-2)11-4-3-9(8-13)7-10(11)12(14,15)16/h3-4,7H,5-6,8H2,1-2H3. The molecule has 0 heterocycles. The summed E-state index contributed by atoms with van der Waals surface area (Å²) in [6.45, 7) is 0.595. The Morgan fingerprint density at radius 1 is 1.33 bits per heavy atom. The lowest BCUT2D eigenvalue weighted by Crippen LogP contribution is -2.23. The Morgan fingerprint density at radius 3 is 2.50 bits per heavy atom. The highest BCUT2D eigenvalue weighted by Crippen LogP contribution is 2.37. The summed E-state index contributed by atoms with van der Waals surface area (Å²) in [4.78, 5) is 1.65. The van der Waals surface area contributed by atoms with Crippen LogP contribution in [0.25, 0.3) is 0 Å². The van der Waals surface area contributed by atoms with Gasteiger partial charge in [0.2, 0.25) is 0 Å². The van der Waals surface area contributed by atoms with Gasteiger partial charge in [0.05, 0.1) is 5.56 Å². The van der Waals surface area contributed by atoms with Gasteiger partial charge < -0.3 is 4.90 Å². The van der Waals surface area contributed by atoms with Crippen LogP contribution in [0.5, 0.6) is 0 Å². The third-order valence-corrected chi connectivity index (χ3v) is 3.80. The van der Waals surface area contributed by atoms with Crippen molar-refractivity contribution in [3.63, 3.8) is 0 Å². The second-order valence-corrected chi connectivity index (χ2v) is 5.44. The van der Waals surface area contributed by atoms with Crippen molar-refractivity contribution in [2.24, 2.45) is 0 Å². The summed E-state index contributed by atoms with van der Waals surface area (Å²) in [5.74, 6) is 0.800. The van der Waals surface area contributed by atoms with E-state index in [2.05, 4.69) is 15.9 Å². The molecule has 0 amide bonds. The molecule has 0 saturated carbocycles. The molecule has 1 aromatic rings. The van der Waals surface area contributed by atoms with Crippen molar-refractivity contribution in [1.29, 1.82) is 0 Å². The van der Waals surface area contributed by atoms with Crippen molar-refractivity contribution in [3.8, 4) is 0 Å². The molecule has 0 aliphatic carbocycles. The van der Waals surface area contributed by atoms with Gasteiger partial charge in [0.25, 0.3) is 0 Å². The van der Waals surface area contributed by atoms with Crippen molar-refractivity contribution >= 4 is 33.4 Å². The van der Waals surface area contributed by atoms with Gasteiger partial charge in [-0.2, -0.15) is 24.9 Å². The van der Waals surface area contributed by atoms with E-state index in [1.54, 1.807) is 35.8 Å². The van der Waals surface area contributed by atoms with E-state index in [0.29, 0.717) is 17.4 Å². The van der Waals surface area contributed by atoms with Crippen LogP contribution >= 0.6 is 27.7 Å². The van der Waals surface area contributed by atoms with Crippen LogP contribution in [0.15, 0.2) is 18.2 Å².